The molecular formula is C24H23N5O2. The lowest BCUT2D eigenvalue weighted by Gasteiger charge is -2.28. The van der Waals surface area contributed by atoms with Gasteiger partial charge in [0.15, 0.2) is 0 Å². The molecule has 1 aliphatic heterocycles. The van der Waals surface area contributed by atoms with Crippen LogP contribution < -0.4 is 4.90 Å². The maximum absolute atomic E-state index is 10.7. The Morgan fingerprint density at radius 2 is 1.35 bits per heavy atom. The third kappa shape index (κ3) is 5.46. The number of nitrogens with zero attached hydrogens (tertiary/aromatic N) is 5. The first-order valence-electron chi connectivity index (χ1n) is 10.1. The van der Waals surface area contributed by atoms with Gasteiger partial charge in [-0.3, -0.25) is 4.79 Å². The maximum Gasteiger partial charge on any atom is 0.150 e. The Balaban J connectivity index is 1.40. The highest BCUT2D eigenvalue weighted by Gasteiger charge is 2.10. The number of anilines is 1. The molecule has 1 aliphatic rings. The van der Waals surface area contributed by atoms with Crippen molar-refractivity contribution >= 4 is 34.7 Å². The van der Waals surface area contributed by atoms with Crippen LogP contribution in [-0.4, -0.2) is 32.6 Å². The van der Waals surface area contributed by atoms with Gasteiger partial charge in [-0.05, 0) is 79.2 Å². The number of azo groups is 2. The van der Waals surface area contributed by atoms with Gasteiger partial charge < -0.3 is 9.64 Å². The summed E-state index contributed by atoms with van der Waals surface area (Å²) in [5.74, 6) is 0. The fourth-order valence-electron chi connectivity index (χ4n) is 3.21. The largest absolute Gasteiger partial charge is 0.378 e. The molecule has 3 aromatic carbocycles. The Bertz CT molecular complexity index is 1090. The van der Waals surface area contributed by atoms with E-state index in [1.807, 2.05) is 37.3 Å². The average Bonchev–Trinajstić information content (AvgIpc) is 2.83. The Morgan fingerprint density at radius 3 is 2.00 bits per heavy atom. The van der Waals surface area contributed by atoms with Crippen LogP contribution in [-0.2, 0) is 4.74 Å². The van der Waals surface area contributed by atoms with E-state index in [-0.39, 0.29) is 0 Å². The van der Waals surface area contributed by atoms with Gasteiger partial charge in [-0.25, -0.2) is 0 Å². The summed E-state index contributed by atoms with van der Waals surface area (Å²) in [6.45, 7) is 5.31. The lowest BCUT2D eigenvalue weighted by Crippen LogP contribution is -2.36. The first kappa shape index (κ1) is 20.6. The molecule has 4 rings (SSSR count). The molecule has 0 amide bonds. The number of carbonyl (C=O) groups excluding carboxylic acids is 1. The second-order valence-corrected chi connectivity index (χ2v) is 7.20. The third-order valence-electron chi connectivity index (χ3n) is 4.99. The van der Waals surface area contributed by atoms with Crippen molar-refractivity contribution in [2.24, 2.45) is 20.5 Å². The quantitative estimate of drug-likeness (QED) is 0.343. The first-order chi connectivity index (χ1) is 15.2. The Labute approximate surface area is 181 Å². The lowest BCUT2D eigenvalue weighted by atomic mass is 10.2. The topological polar surface area (TPSA) is 79.0 Å². The Morgan fingerprint density at radius 1 is 0.774 bits per heavy atom. The van der Waals surface area contributed by atoms with Crippen molar-refractivity contribution in [1.29, 1.82) is 0 Å². The van der Waals surface area contributed by atoms with E-state index < -0.39 is 0 Å². The van der Waals surface area contributed by atoms with Gasteiger partial charge in [0.1, 0.15) is 6.29 Å². The molecule has 0 spiro atoms. The van der Waals surface area contributed by atoms with Crippen LogP contribution in [0.3, 0.4) is 0 Å². The molecule has 0 aromatic heterocycles. The number of hydrogen-bond acceptors (Lipinski definition) is 7. The minimum atomic E-state index is 0.612. The average molecular weight is 413 g/mol. The fraction of sp³-hybridized carbons (Fsp3) is 0.208. The highest BCUT2D eigenvalue weighted by Crippen LogP contribution is 2.28. The highest BCUT2D eigenvalue weighted by molar-refractivity contribution is 5.75. The van der Waals surface area contributed by atoms with Gasteiger partial charge in [0.05, 0.1) is 36.0 Å². The molecule has 156 valence electrons. The van der Waals surface area contributed by atoms with Gasteiger partial charge in [0.2, 0.25) is 0 Å². The van der Waals surface area contributed by atoms with Crippen LogP contribution >= 0.6 is 0 Å². The Hall–Kier alpha value is -3.71. The Kier molecular flexibility index (Phi) is 6.54. The van der Waals surface area contributed by atoms with Crippen molar-refractivity contribution in [3.63, 3.8) is 0 Å². The van der Waals surface area contributed by atoms with E-state index in [0.717, 1.165) is 55.2 Å². The zero-order chi connectivity index (χ0) is 21.5. The summed E-state index contributed by atoms with van der Waals surface area (Å²) in [7, 11) is 0. The van der Waals surface area contributed by atoms with Gasteiger partial charge in [-0.15, -0.1) is 0 Å². The van der Waals surface area contributed by atoms with Crippen molar-refractivity contribution < 1.29 is 9.53 Å². The summed E-state index contributed by atoms with van der Waals surface area (Å²) in [4.78, 5) is 13.0. The number of benzene rings is 3. The number of carbonyl (C=O) groups is 1. The van der Waals surface area contributed by atoms with Gasteiger partial charge in [-0.1, -0.05) is 0 Å². The molecule has 7 heteroatoms. The van der Waals surface area contributed by atoms with Gasteiger partial charge in [-0.2, -0.15) is 20.5 Å². The second-order valence-electron chi connectivity index (χ2n) is 7.20. The van der Waals surface area contributed by atoms with E-state index >= 15 is 0 Å². The molecule has 1 saturated heterocycles. The molecule has 0 radical (unpaired) electrons. The third-order valence-corrected chi connectivity index (χ3v) is 4.99. The van der Waals surface area contributed by atoms with Crippen LogP contribution in [0.2, 0.25) is 0 Å². The number of rotatable bonds is 6. The summed E-state index contributed by atoms with van der Waals surface area (Å²) in [5.41, 5.74) is 5.74. The van der Waals surface area contributed by atoms with Gasteiger partial charge in [0.25, 0.3) is 0 Å². The molecule has 7 nitrogen and oxygen atoms in total. The summed E-state index contributed by atoms with van der Waals surface area (Å²) in [5, 5.41) is 17.2. The van der Waals surface area contributed by atoms with E-state index in [1.54, 1.807) is 24.3 Å². The van der Waals surface area contributed by atoms with E-state index in [4.69, 9.17) is 4.74 Å². The standard InChI is InChI=1S/C24H23N5O2/c1-18-16-22(8-11-24(18)28-26-20-4-2-19(17-30)3-5-20)27-25-21-6-9-23(10-7-21)29-12-14-31-15-13-29/h2-11,16-17H,12-15H2,1H3. The van der Waals surface area contributed by atoms with Crippen molar-refractivity contribution in [2.75, 3.05) is 31.2 Å². The van der Waals surface area contributed by atoms with E-state index in [9.17, 15) is 4.79 Å². The lowest BCUT2D eigenvalue weighted by molar-refractivity contribution is 0.112. The second kappa shape index (κ2) is 9.86. The molecule has 0 atom stereocenters. The number of aldehydes is 1. The molecule has 1 fully saturated rings. The molecular weight excluding hydrogens is 390 g/mol. The molecule has 0 N–H and O–H groups in total. The van der Waals surface area contributed by atoms with Crippen LogP contribution in [0.4, 0.5) is 28.4 Å². The van der Waals surface area contributed by atoms with Crippen molar-refractivity contribution in [3.05, 3.63) is 77.9 Å². The fourth-order valence-corrected chi connectivity index (χ4v) is 3.21. The van der Waals surface area contributed by atoms with Crippen LogP contribution in [0.25, 0.3) is 0 Å². The first-order valence-corrected chi connectivity index (χ1v) is 10.1. The summed E-state index contributed by atoms with van der Waals surface area (Å²) in [6, 6.07) is 20.7. The number of aryl methyl sites for hydroxylation is 1. The van der Waals surface area contributed by atoms with Crippen molar-refractivity contribution in [1.82, 2.24) is 0 Å². The maximum atomic E-state index is 10.7. The zero-order valence-electron chi connectivity index (χ0n) is 17.3. The molecule has 0 saturated carbocycles. The van der Waals surface area contributed by atoms with E-state index in [0.29, 0.717) is 11.3 Å². The number of morpholine rings is 1. The van der Waals surface area contributed by atoms with Crippen LogP contribution in [0.1, 0.15) is 15.9 Å². The molecule has 0 unspecified atom stereocenters. The molecule has 0 bridgehead atoms. The predicted molar refractivity (Wildman–Crippen MR) is 121 cm³/mol. The normalized spacial score (nSPS) is 14.4. The smallest absolute Gasteiger partial charge is 0.150 e. The monoisotopic (exact) mass is 413 g/mol. The van der Waals surface area contributed by atoms with Crippen LogP contribution in [0, 0.1) is 6.92 Å². The minimum Gasteiger partial charge on any atom is -0.378 e. The van der Waals surface area contributed by atoms with E-state index in [2.05, 4.69) is 37.5 Å². The molecule has 1 heterocycles. The van der Waals surface area contributed by atoms with Gasteiger partial charge >= 0.3 is 0 Å². The SMILES string of the molecule is Cc1cc(N=Nc2ccc(N3CCOCC3)cc2)ccc1N=Nc1ccc(C=O)cc1. The highest BCUT2D eigenvalue weighted by atomic mass is 16.5. The van der Waals surface area contributed by atoms with Crippen LogP contribution in [0.5, 0.6) is 0 Å². The van der Waals surface area contributed by atoms with Crippen molar-refractivity contribution in [3.8, 4) is 0 Å². The summed E-state index contributed by atoms with van der Waals surface area (Å²) >= 11 is 0. The zero-order valence-corrected chi connectivity index (χ0v) is 17.3. The summed E-state index contributed by atoms with van der Waals surface area (Å²) in [6.07, 6.45) is 0.802. The number of ether oxygens (including phenoxy) is 1. The molecule has 0 aliphatic carbocycles. The number of hydrogen-bond donors (Lipinski definition) is 0. The minimum absolute atomic E-state index is 0.612. The summed E-state index contributed by atoms with van der Waals surface area (Å²) < 4.78 is 5.40. The molecule has 31 heavy (non-hydrogen) atoms. The van der Waals surface area contributed by atoms with E-state index in [1.165, 1.54) is 5.69 Å². The van der Waals surface area contributed by atoms with Crippen molar-refractivity contribution in [2.45, 2.75) is 6.92 Å². The molecule has 3 aromatic rings. The van der Waals surface area contributed by atoms with Gasteiger partial charge in [0, 0.05) is 24.3 Å². The predicted octanol–water partition coefficient (Wildman–Crippen LogP) is 6.47. The van der Waals surface area contributed by atoms with Crippen LogP contribution in [0.15, 0.2) is 87.2 Å².